The quantitative estimate of drug-likeness (QED) is 0.269. The Morgan fingerprint density at radius 1 is 1.19 bits per heavy atom. The lowest BCUT2D eigenvalue weighted by molar-refractivity contribution is 0.102. The number of aryl methyl sites for hydroxylation is 2. The topological polar surface area (TPSA) is 96.2 Å². The zero-order chi connectivity index (χ0) is 22.8. The van der Waals surface area contributed by atoms with Gasteiger partial charge in [-0.1, -0.05) is 16.9 Å². The molecule has 10 heteroatoms. The highest BCUT2D eigenvalue weighted by Crippen LogP contribution is 2.26. The predicted octanol–water partition coefficient (Wildman–Crippen LogP) is 5.03. The van der Waals surface area contributed by atoms with Crippen molar-refractivity contribution in [2.75, 3.05) is 5.75 Å². The number of hydrogen-bond acceptors (Lipinski definition) is 8. The fourth-order valence-electron chi connectivity index (χ4n) is 3.27. The molecule has 4 aromatic rings. The molecule has 0 radical (unpaired) electrons. The normalized spacial score (nSPS) is 12.2. The van der Waals surface area contributed by atoms with E-state index in [1.165, 1.54) is 24.3 Å². The molecule has 3 heterocycles. The van der Waals surface area contributed by atoms with E-state index in [0.29, 0.717) is 22.9 Å². The van der Waals surface area contributed by atoms with Crippen LogP contribution >= 0.6 is 11.8 Å². The summed E-state index contributed by atoms with van der Waals surface area (Å²) >= 11 is 1.16. The summed E-state index contributed by atoms with van der Waals surface area (Å²) in [5.74, 6) is 1.81. The third kappa shape index (κ3) is 4.59. The molecule has 0 N–H and O–H groups in total. The van der Waals surface area contributed by atoms with Crippen LogP contribution in [0.4, 0.5) is 4.39 Å². The van der Waals surface area contributed by atoms with Crippen molar-refractivity contribution >= 4 is 17.5 Å². The van der Waals surface area contributed by atoms with Gasteiger partial charge >= 0.3 is 0 Å². The van der Waals surface area contributed by atoms with Crippen molar-refractivity contribution in [3.8, 4) is 11.6 Å². The Hall–Kier alpha value is -3.40. The standard InChI is InChI=1S/C22H21FN4O4S/c1-12-9-18(14(3)27(12)20-10-13(2)31-26-20)19(28)11-32-22-25-24-21(30-22)15(4)29-17-7-5-16(23)6-8-17/h5-10,15H,11H2,1-4H3/t15-/m0/s1. The molecule has 1 atom stereocenters. The average molecular weight is 456 g/mol. The second-order valence-corrected chi connectivity index (χ2v) is 8.17. The minimum absolute atomic E-state index is 0.0649. The fraction of sp³-hybridized carbons (Fsp3) is 0.273. The zero-order valence-electron chi connectivity index (χ0n) is 18.0. The highest BCUT2D eigenvalue weighted by atomic mass is 32.2. The Morgan fingerprint density at radius 3 is 2.62 bits per heavy atom. The number of Topliss-reactive ketones (excluding diaryl/α,β-unsaturated/α-hetero) is 1. The number of carbonyl (C=O) groups is 1. The van der Waals surface area contributed by atoms with Gasteiger partial charge in [0.15, 0.2) is 17.7 Å². The van der Waals surface area contributed by atoms with E-state index in [1.54, 1.807) is 6.92 Å². The molecular weight excluding hydrogens is 435 g/mol. The Morgan fingerprint density at radius 2 is 1.94 bits per heavy atom. The minimum atomic E-state index is -0.525. The number of ether oxygens (including phenoxy) is 1. The maximum absolute atomic E-state index is 13.0. The summed E-state index contributed by atoms with van der Waals surface area (Å²) in [5.41, 5.74) is 2.27. The van der Waals surface area contributed by atoms with E-state index in [0.717, 1.165) is 23.1 Å². The van der Waals surface area contributed by atoms with E-state index in [9.17, 15) is 9.18 Å². The Labute approximate surface area is 187 Å². The summed E-state index contributed by atoms with van der Waals surface area (Å²) in [6.45, 7) is 7.34. The van der Waals surface area contributed by atoms with Gasteiger partial charge in [0.1, 0.15) is 17.3 Å². The summed E-state index contributed by atoms with van der Waals surface area (Å²) in [6.07, 6.45) is -0.525. The number of halogens is 1. The van der Waals surface area contributed by atoms with Crippen molar-refractivity contribution in [2.24, 2.45) is 0 Å². The molecule has 8 nitrogen and oxygen atoms in total. The van der Waals surface area contributed by atoms with Crippen LogP contribution in [0.15, 0.2) is 50.6 Å². The van der Waals surface area contributed by atoms with E-state index in [-0.39, 0.29) is 28.5 Å². The third-order valence-corrected chi connectivity index (χ3v) is 5.62. The van der Waals surface area contributed by atoms with Crippen LogP contribution in [0.2, 0.25) is 0 Å². The highest BCUT2D eigenvalue weighted by molar-refractivity contribution is 7.99. The summed E-state index contributed by atoms with van der Waals surface area (Å²) < 4.78 is 31.4. The summed E-state index contributed by atoms with van der Waals surface area (Å²) in [7, 11) is 0. The molecule has 0 saturated carbocycles. The number of carbonyl (C=O) groups excluding carboxylic acids is 1. The highest BCUT2D eigenvalue weighted by Gasteiger charge is 2.21. The van der Waals surface area contributed by atoms with Gasteiger partial charge in [0.05, 0.1) is 5.75 Å². The zero-order valence-corrected chi connectivity index (χ0v) is 18.8. The van der Waals surface area contributed by atoms with Crippen LogP contribution in [-0.2, 0) is 0 Å². The predicted molar refractivity (Wildman–Crippen MR) is 115 cm³/mol. The van der Waals surface area contributed by atoms with Crippen LogP contribution in [0, 0.1) is 26.6 Å². The smallest absolute Gasteiger partial charge is 0.277 e. The molecular formula is C22H21FN4O4S. The second-order valence-electron chi connectivity index (χ2n) is 7.25. The van der Waals surface area contributed by atoms with Gasteiger partial charge in [-0.15, -0.1) is 10.2 Å². The molecule has 0 fully saturated rings. The molecule has 0 unspecified atom stereocenters. The van der Waals surface area contributed by atoms with Gasteiger partial charge in [0.25, 0.3) is 11.1 Å². The molecule has 4 rings (SSSR count). The summed E-state index contributed by atoms with van der Waals surface area (Å²) in [4.78, 5) is 12.8. The molecule has 0 amide bonds. The first-order chi connectivity index (χ1) is 15.3. The lowest BCUT2D eigenvalue weighted by Gasteiger charge is -2.10. The van der Waals surface area contributed by atoms with E-state index >= 15 is 0 Å². The van der Waals surface area contributed by atoms with E-state index in [2.05, 4.69) is 15.4 Å². The number of ketones is 1. The van der Waals surface area contributed by atoms with E-state index in [1.807, 2.05) is 37.5 Å². The first-order valence-corrected chi connectivity index (χ1v) is 10.8. The largest absolute Gasteiger partial charge is 0.481 e. The molecule has 3 aromatic heterocycles. The molecule has 166 valence electrons. The van der Waals surface area contributed by atoms with Crippen molar-refractivity contribution in [3.63, 3.8) is 0 Å². The number of benzene rings is 1. The lowest BCUT2D eigenvalue weighted by atomic mass is 10.2. The maximum Gasteiger partial charge on any atom is 0.277 e. The summed E-state index contributed by atoms with van der Waals surface area (Å²) in [6, 6.07) is 9.31. The van der Waals surface area contributed by atoms with Gasteiger partial charge in [-0.25, -0.2) is 4.39 Å². The maximum atomic E-state index is 13.0. The van der Waals surface area contributed by atoms with E-state index < -0.39 is 6.10 Å². The van der Waals surface area contributed by atoms with Crippen molar-refractivity contribution < 1.29 is 22.9 Å². The van der Waals surface area contributed by atoms with Gasteiger partial charge < -0.3 is 13.7 Å². The average Bonchev–Trinajstić information content (AvgIpc) is 3.47. The molecule has 0 aliphatic carbocycles. The first-order valence-electron chi connectivity index (χ1n) is 9.86. The number of nitrogens with zero attached hydrogens (tertiary/aromatic N) is 4. The molecule has 0 aliphatic heterocycles. The lowest BCUT2D eigenvalue weighted by Crippen LogP contribution is -2.05. The van der Waals surface area contributed by atoms with Crippen molar-refractivity contribution in [3.05, 3.63) is 70.8 Å². The molecule has 1 aromatic carbocycles. The van der Waals surface area contributed by atoms with Crippen molar-refractivity contribution in [1.29, 1.82) is 0 Å². The molecule has 0 bridgehead atoms. The second kappa shape index (κ2) is 8.99. The summed E-state index contributed by atoms with van der Waals surface area (Å²) in [5, 5.41) is 12.3. The van der Waals surface area contributed by atoms with Crippen molar-refractivity contribution in [2.45, 2.75) is 39.0 Å². The Kier molecular flexibility index (Phi) is 6.13. The van der Waals surface area contributed by atoms with Gasteiger partial charge in [0, 0.05) is 23.0 Å². The monoisotopic (exact) mass is 456 g/mol. The molecule has 0 spiro atoms. The third-order valence-electron chi connectivity index (χ3n) is 4.80. The number of hydrogen-bond donors (Lipinski definition) is 0. The number of thioether (sulfide) groups is 1. The Bertz CT molecular complexity index is 1250. The van der Waals surface area contributed by atoms with Gasteiger partial charge in [-0.05, 0) is 58.0 Å². The molecule has 32 heavy (non-hydrogen) atoms. The first kappa shape index (κ1) is 21.8. The van der Waals surface area contributed by atoms with Crippen LogP contribution in [0.25, 0.3) is 5.82 Å². The van der Waals surface area contributed by atoms with Gasteiger partial charge in [0.2, 0.25) is 0 Å². The van der Waals surface area contributed by atoms with E-state index in [4.69, 9.17) is 13.7 Å². The van der Waals surface area contributed by atoms with Crippen LogP contribution < -0.4 is 4.74 Å². The van der Waals surface area contributed by atoms with Crippen LogP contribution in [0.3, 0.4) is 0 Å². The minimum Gasteiger partial charge on any atom is -0.481 e. The fourth-order valence-corrected chi connectivity index (χ4v) is 3.92. The van der Waals surface area contributed by atoms with Crippen molar-refractivity contribution in [1.82, 2.24) is 19.9 Å². The SMILES string of the molecule is Cc1cc(-n2c(C)cc(C(=O)CSc3nnc([C@H](C)Oc4ccc(F)cc4)o3)c2C)no1. The van der Waals surface area contributed by atoms with Gasteiger partial charge in [-0.3, -0.25) is 9.36 Å². The number of aromatic nitrogens is 4. The van der Waals surface area contributed by atoms with Crippen LogP contribution in [0.1, 0.15) is 46.4 Å². The molecule has 0 aliphatic rings. The Balaban J connectivity index is 1.40. The van der Waals surface area contributed by atoms with Crippen LogP contribution in [0.5, 0.6) is 5.75 Å². The van der Waals surface area contributed by atoms with Crippen LogP contribution in [-0.4, -0.2) is 31.5 Å². The van der Waals surface area contributed by atoms with Gasteiger partial charge in [-0.2, -0.15) is 0 Å². The molecule has 0 saturated heterocycles. The number of rotatable bonds is 8.